The summed E-state index contributed by atoms with van der Waals surface area (Å²) in [5, 5.41) is 5.12. The van der Waals surface area contributed by atoms with Gasteiger partial charge >= 0.3 is 0 Å². The van der Waals surface area contributed by atoms with E-state index in [0.29, 0.717) is 20.9 Å². The van der Waals surface area contributed by atoms with Crippen LogP contribution in [0.15, 0.2) is 108 Å². The summed E-state index contributed by atoms with van der Waals surface area (Å²) in [6.07, 6.45) is 1.78. The van der Waals surface area contributed by atoms with E-state index in [-0.39, 0.29) is 12.1 Å². The Bertz CT molecular complexity index is 1640. The van der Waals surface area contributed by atoms with Crippen molar-refractivity contribution in [1.82, 2.24) is 10.3 Å². The molecule has 0 radical (unpaired) electrons. The Morgan fingerprint density at radius 3 is 2.46 bits per heavy atom. The number of nitrogens with zero attached hydrogens (tertiary/aromatic N) is 2. The summed E-state index contributed by atoms with van der Waals surface area (Å²) in [6, 6.07) is 30.3. The Kier molecular flexibility index (Phi) is 7.00. The fourth-order valence-electron chi connectivity index (χ4n) is 4.74. The van der Waals surface area contributed by atoms with Gasteiger partial charge in [-0.3, -0.25) is 4.98 Å². The summed E-state index contributed by atoms with van der Waals surface area (Å²) in [4.78, 5) is 6.66. The van der Waals surface area contributed by atoms with Crippen LogP contribution < -0.4 is 15.0 Å². The molecular formula is C31H23Cl2N3O2S. The number of para-hydroxylation sites is 1. The monoisotopic (exact) mass is 571 g/mol. The van der Waals surface area contributed by atoms with Crippen LogP contribution in [-0.2, 0) is 0 Å². The van der Waals surface area contributed by atoms with E-state index in [1.54, 1.807) is 18.3 Å². The van der Waals surface area contributed by atoms with E-state index in [1.807, 2.05) is 91.9 Å². The summed E-state index contributed by atoms with van der Waals surface area (Å²) in [7, 11) is 0. The third-order valence-electron chi connectivity index (χ3n) is 6.65. The molecule has 1 aliphatic rings. The fraction of sp³-hybridized carbons (Fsp3) is 0.0968. The number of hydrogen-bond donors (Lipinski definition) is 1. The molecule has 1 N–H and O–H groups in total. The molecule has 194 valence electrons. The first-order valence-electron chi connectivity index (χ1n) is 12.4. The minimum atomic E-state index is -0.296. The predicted octanol–water partition coefficient (Wildman–Crippen LogP) is 8.93. The number of furan rings is 1. The number of aryl methyl sites for hydroxylation is 1. The van der Waals surface area contributed by atoms with Crippen LogP contribution in [0.1, 0.15) is 29.1 Å². The second-order valence-corrected chi connectivity index (χ2v) is 10.4. The summed E-state index contributed by atoms with van der Waals surface area (Å²) in [5.74, 6) is 2.92. The van der Waals surface area contributed by atoms with E-state index in [1.165, 1.54) is 0 Å². The predicted molar refractivity (Wildman–Crippen MR) is 160 cm³/mol. The summed E-state index contributed by atoms with van der Waals surface area (Å²) in [5.41, 5.74) is 3.59. The van der Waals surface area contributed by atoms with Crippen LogP contribution in [0, 0.1) is 6.92 Å². The molecule has 0 amide bonds. The minimum absolute atomic E-state index is 0.235. The number of ether oxygens (including phenoxy) is 1. The molecule has 1 saturated heterocycles. The maximum atomic E-state index is 6.48. The van der Waals surface area contributed by atoms with Gasteiger partial charge in [-0.05, 0) is 97.5 Å². The van der Waals surface area contributed by atoms with Gasteiger partial charge in [0.15, 0.2) is 5.11 Å². The van der Waals surface area contributed by atoms with Crippen molar-refractivity contribution < 1.29 is 9.15 Å². The van der Waals surface area contributed by atoms with Gasteiger partial charge < -0.3 is 19.4 Å². The molecule has 1 aliphatic heterocycles. The lowest BCUT2D eigenvalue weighted by molar-refractivity contribution is 0.439. The lowest BCUT2D eigenvalue weighted by Gasteiger charge is -2.26. The van der Waals surface area contributed by atoms with Gasteiger partial charge in [0, 0.05) is 22.5 Å². The lowest BCUT2D eigenvalue weighted by atomic mass is 10.0. The molecule has 2 aromatic heterocycles. The third kappa shape index (κ3) is 5.11. The molecule has 0 bridgehead atoms. The Hall–Kier alpha value is -3.84. The zero-order valence-electron chi connectivity index (χ0n) is 20.8. The first-order chi connectivity index (χ1) is 19.0. The van der Waals surface area contributed by atoms with Gasteiger partial charge in [0.25, 0.3) is 0 Å². The average Bonchev–Trinajstić information content (AvgIpc) is 3.55. The molecule has 6 rings (SSSR count). The highest BCUT2D eigenvalue weighted by Gasteiger charge is 2.42. The van der Waals surface area contributed by atoms with E-state index >= 15 is 0 Å². The molecule has 3 aromatic carbocycles. The topological polar surface area (TPSA) is 50.5 Å². The summed E-state index contributed by atoms with van der Waals surface area (Å²) < 4.78 is 12.5. The smallest absolute Gasteiger partial charge is 0.174 e. The average molecular weight is 573 g/mol. The molecule has 0 aliphatic carbocycles. The fourth-order valence-corrected chi connectivity index (χ4v) is 5.59. The Morgan fingerprint density at radius 2 is 1.72 bits per heavy atom. The number of halogens is 2. The van der Waals surface area contributed by atoms with Crippen LogP contribution in [-0.4, -0.2) is 10.1 Å². The second kappa shape index (κ2) is 10.7. The molecule has 3 heterocycles. The number of anilines is 1. The van der Waals surface area contributed by atoms with Crippen LogP contribution in [0.4, 0.5) is 5.69 Å². The Labute approximate surface area is 242 Å². The number of benzene rings is 3. The molecule has 0 saturated carbocycles. The third-order valence-corrected chi connectivity index (χ3v) is 7.51. The number of aromatic nitrogens is 1. The highest BCUT2D eigenvalue weighted by atomic mass is 35.5. The molecule has 0 spiro atoms. The maximum Gasteiger partial charge on any atom is 0.174 e. The summed E-state index contributed by atoms with van der Waals surface area (Å²) >= 11 is 18.4. The molecular weight excluding hydrogens is 549 g/mol. The van der Waals surface area contributed by atoms with Crippen LogP contribution in [0.25, 0.3) is 11.3 Å². The normalized spacial score (nSPS) is 16.8. The van der Waals surface area contributed by atoms with Crippen LogP contribution in [0.3, 0.4) is 0 Å². The van der Waals surface area contributed by atoms with Crippen molar-refractivity contribution in [1.29, 1.82) is 0 Å². The molecule has 5 aromatic rings. The lowest BCUT2D eigenvalue weighted by Crippen LogP contribution is -2.29. The van der Waals surface area contributed by atoms with Gasteiger partial charge in [-0.25, -0.2) is 0 Å². The van der Waals surface area contributed by atoms with Gasteiger partial charge in [-0.2, -0.15) is 0 Å². The Morgan fingerprint density at radius 1 is 0.923 bits per heavy atom. The van der Waals surface area contributed by atoms with Crippen molar-refractivity contribution in [2.24, 2.45) is 0 Å². The number of pyridine rings is 1. The van der Waals surface area contributed by atoms with E-state index in [4.69, 9.17) is 44.6 Å². The Balaban J connectivity index is 1.36. The zero-order valence-corrected chi connectivity index (χ0v) is 23.2. The van der Waals surface area contributed by atoms with Crippen molar-refractivity contribution in [3.8, 4) is 22.8 Å². The van der Waals surface area contributed by atoms with E-state index < -0.39 is 0 Å². The number of hydrogen-bond acceptors (Lipinski definition) is 4. The first kappa shape index (κ1) is 25.4. The van der Waals surface area contributed by atoms with Crippen molar-refractivity contribution in [2.75, 3.05) is 4.90 Å². The number of nitrogens with one attached hydrogen (secondary N) is 1. The molecule has 2 atom stereocenters. The summed E-state index contributed by atoms with van der Waals surface area (Å²) in [6.45, 7) is 2.02. The zero-order chi connectivity index (χ0) is 26.9. The van der Waals surface area contributed by atoms with Crippen LogP contribution in [0.2, 0.25) is 10.0 Å². The molecule has 0 unspecified atom stereocenters. The standard InChI is InChI=1S/C31H23Cl2N3O2S/c1-19-6-2-3-8-26(19)37-22-12-10-21(11-13-22)36-30(29(35-31(36)39)25-7-4-5-17-34-25)28-16-15-27(38-28)23-14-9-20(32)18-24(23)33/h2-18,29-30H,1H3,(H,35,39)/t29-,30+/m1/s1. The minimum Gasteiger partial charge on any atom is -0.459 e. The first-order valence-corrected chi connectivity index (χ1v) is 13.5. The number of rotatable bonds is 6. The van der Waals surface area contributed by atoms with E-state index in [2.05, 4.69) is 15.2 Å². The van der Waals surface area contributed by atoms with Crippen molar-refractivity contribution >= 4 is 46.2 Å². The van der Waals surface area contributed by atoms with Gasteiger partial charge in [0.05, 0.1) is 16.8 Å². The highest BCUT2D eigenvalue weighted by molar-refractivity contribution is 7.80. The van der Waals surface area contributed by atoms with Gasteiger partial charge in [-0.15, -0.1) is 0 Å². The van der Waals surface area contributed by atoms with Gasteiger partial charge in [0.2, 0.25) is 0 Å². The highest BCUT2D eigenvalue weighted by Crippen LogP contribution is 2.44. The van der Waals surface area contributed by atoms with Crippen LogP contribution >= 0.6 is 35.4 Å². The van der Waals surface area contributed by atoms with Gasteiger partial charge in [0.1, 0.15) is 29.1 Å². The largest absolute Gasteiger partial charge is 0.459 e. The molecule has 8 heteroatoms. The van der Waals surface area contributed by atoms with Gasteiger partial charge in [-0.1, -0.05) is 47.5 Å². The molecule has 39 heavy (non-hydrogen) atoms. The van der Waals surface area contributed by atoms with Crippen molar-refractivity contribution in [2.45, 2.75) is 19.0 Å². The van der Waals surface area contributed by atoms with E-state index in [0.717, 1.165) is 39.8 Å². The maximum absolute atomic E-state index is 6.48. The molecule has 1 fully saturated rings. The van der Waals surface area contributed by atoms with Crippen LogP contribution in [0.5, 0.6) is 11.5 Å². The van der Waals surface area contributed by atoms with Crippen molar-refractivity contribution in [3.05, 3.63) is 130 Å². The second-order valence-electron chi connectivity index (χ2n) is 9.18. The van der Waals surface area contributed by atoms with E-state index in [9.17, 15) is 0 Å². The van der Waals surface area contributed by atoms with Crippen molar-refractivity contribution in [3.63, 3.8) is 0 Å². The molecule has 5 nitrogen and oxygen atoms in total. The quantitative estimate of drug-likeness (QED) is 0.205. The number of thiocarbonyl (C=S) groups is 1. The SMILES string of the molecule is Cc1ccccc1Oc1ccc(N2C(=S)N[C@H](c3ccccn3)[C@@H]2c2ccc(-c3ccc(Cl)cc3Cl)o2)cc1.